The lowest BCUT2D eigenvalue weighted by Crippen LogP contribution is -2.55. The second-order valence-corrected chi connectivity index (χ2v) is 5.86. The lowest BCUT2D eigenvalue weighted by Gasteiger charge is -2.33. The Hall–Kier alpha value is -1.34. The summed E-state index contributed by atoms with van der Waals surface area (Å²) < 4.78 is 235. The first-order chi connectivity index (χ1) is 13.2. The first-order valence-electron chi connectivity index (χ1n) is 6.91. The Bertz CT molecular complexity index is 557. The molecule has 186 valence electrons. The van der Waals surface area contributed by atoms with E-state index in [1.807, 2.05) is 0 Å². The molecule has 1 rings (SSSR count). The van der Waals surface area contributed by atoms with Crippen LogP contribution < -0.4 is 0 Å². The average Bonchev–Trinajstić information content (AvgIpc) is 2.52. The van der Waals surface area contributed by atoms with Crippen LogP contribution >= 0.6 is 0 Å². The highest BCUT2D eigenvalue weighted by atomic mass is 19.4. The van der Waals surface area contributed by atoms with Crippen molar-refractivity contribution in [2.24, 2.45) is 0 Å². The van der Waals surface area contributed by atoms with Gasteiger partial charge in [0.2, 0.25) is 12.2 Å². The third-order valence-corrected chi connectivity index (χ3v) is 3.58. The van der Waals surface area contributed by atoms with Crippen LogP contribution in [0.5, 0.6) is 0 Å². The zero-order valence-corrected chi connectivity index (χ0v) is 13.4. The average molecular weight is 510 g/mol. The van der Waals surface area contributed by atoms with Gasteiger partial charge in [0.25, 0.3) is 0 Å². The summed E-state index contributed by atoms with van der Waals surface area (Å²) in [4.78, 5) is 0. The topological polar surface area (TPSA) is 18.5 Å². The molecular weight excluding hydrogens is 506 g/mol. The second kappa shape index (κ2) is 7.34. The van der Waals surface area contributed by atoms with Gasteiger partial charge < -0.3 is 9.47 Å². The molecule has 2 atom stereocenters. The lowest BCUT2D eigenvalue weighted by atomic mass is 10.2. The highest BCUT2D eigenvalue weighted by molar-refractivity contribution is 5.16. The molecule has 0 aromatic rings. The van der Waals surface area contributed by atoms with Gasteiger partial charge in [0.1, 0.15) is 0 Å². The summed E-state index contributed by atoms with van der Waals surface area (Å²) in [6.07, 6.45) is -49.1. The van der Waals surface area contributed by atoms with Gasteiger partial charge in [-0.2, -0.15) is 79.0 Å². The standard InChI is InChI=1S/C11H4F18O2/c12-5(13)1(30-3(7(16,17)18)8(19,20)21)2(6(14,15)11(5,28)29)31-4(9(22,23)24)10(25,26)27/h1-4H/t1-,2+. The van der Waals surface area contributed by atoms with Crippen LogP contribution in [0.15, 0.2) is 0 Å². The summed E-state index contributed by atoms with van der Waals surface area (Å²) in [5, 5.41) is 0. The maximum absolute atomic E-state index is 13.6. The molecule has 0 aromatic heterocycles. The fourth-order valence-corrected chi connectivity index (χ4v) is 2.25. The molecule has 0 heterocycles. The van der Waals surface area contributed by atoms with Crippen molar-refractivity contribution in [2.75, 3.05) is 0 Å². The van der Waals surface area contributed by atoms with Gasteiger partial charge in [0.05, 0.1) is 0 Å². The van der Waals surface area contributed by atoms with E-state index < -0.39 is 66.9 Å². The first kappa shape index (κ1) is 27.7. The van der Waals surface area contributed by atoms with Crippen molar-refractivity contribution in [1.82, 2.24) is 0 Å². The zero-order valence-electron chi connectivity index (χ0n) is 13.4. The van der Waals surface area contributed by atoms with Crippen molar-refractivity contribution < 1.29 is 88.5 Å². The number of hydrogen-bond donors (Lipinski definition) is 0. The highest BCUT2D eigenvalue weighted by Crippen LogP contribution is 2.60. The molecule has 0 saturated heterocycles. The SMILES string of the molecule is FC(F)(F)C(O[C@@H]1[C@H](OC(C(F)(F)F)C(F)(F)F)C(F)(F)C(F)(F)C1(F)F)C(F)(F)F. The molecule has 0 radical (unpaired) electrons. The van der Waals surface area contributed by atoms with Gasteiger partial charge in [-0.1, -0.05) is 0 Å². The van der Waals surface area contributed by atoms with Crippen LogP contribution in [0.2, 0.25) is 0 Å². The van der Waals surface area contributed by atoms with Crippen LogP contribution in [0, 0.1) is 0 Å². The second-order valence-electron chi connectivity index (χ2n) is 5.86. The van der Waals surface area contributed by atoms with Gasteiger partial charge >= 0.3 is 42.5 Å². The molecule has 0 amide bonds. The Kier molecular flexibility index (Phi) is 6.56. The summed E-state index contributed by atoms with van der Waals surface area (Å²) in [6, 6.07) is 0. The monoisotopic (exact) mass is 510 g/mol. The quantitative estimate of drug-likeness (QED) is 0.455. The van der Waals surface area contributed by atoms with Crippen LogP contribution in [0.4, 0.5) is 79.0 Å². The Morgan fingerprint density at radius 3 is 0.806 bits per heavy atom. The van der Waals surface area contributed by atoms with Crippen LogP contribution in [0.25, 0.3) is 0 Å². The molecule has 1 fully saturated rings. The molecule has 31 heavy (non-hydrogen) atoms. The summed E-state index contributed by atoms with van der Waals surface area (Å²) >= 11 is 0. The Morgan fingerprint density at radius 1 is 0.452 bits per heavy atom. The summed E-state index contributed by atoms with van der Waals surface area (Å²) in [7, 11) is 0. The Morgan fingerprint density at radius 2 is 0.645 bits per heavy atom. The number of hydrogen-bond acceptors (Lipinski definition) is 2. The smallest absolute Gasteiger partial charge is 0.348 e. The molecule has 2 nitrogen and oxygen atoms in total. The summed E-state index contributed by atoms with van der Waals surface area (Å²) in [5.41, 5.74) is 0. The summed E-state index contributed by atoms with van der Waals surface area (Å²) in [5.74, 6) is -20.8. The zero-order chi connectivity index (χ0) is 25.2. The van der Waals surface area contributed by atoms with Crippen molar-refractivity contribution in [3.05, 3.63) is 0 Å². The molecule has 0 aromatic carbocycles. The van der Waals surface area contributed by atoms with Crippen molar-refractivity contribution in [2.45, 2.75) is 66.9 Å². The molecular formula is C11H4F18O2. The highest BCUT2D eigenvalue weighted by Gasteiger charge is 2.88. The fourth-order valence-electron chi connectivity index (χ4n) is 2.25. The third-order valence-electron chi connectivity index (χ3n) is 3.58. The molecule has 20 heteroatoms. The fraction of sp³-hybridized carbons (Fsp3) is 1.00. The van der Waals surface area contributed by atoms with Gasteiger partial charge in [-0.15, -0.1) is 0 Å². The maximum atomic E-state index is 13.6. The molecule has 1 saturated carbocycles. The predicted octanol–water partition coefficient (Wildman–Crippen LogP) is 5.66. The Labute approximate surface area is 157 Å². The van der Waals surface area contributed by atoms with Crippen molar-refractivity contribution in [3.8, 4) is 0 Å². The van der Waals surface area contributed by atoms with Crippen LogP contribution in [-0.4, -0.2) is 66.9 Å². The molecule has 0 bridgehead atoms. The van der Waals surface area contributed by atoms with E-state index in [0.29, 0.717) is 0 Å². The molecule has 0 spiro atoms. The summed E-state index contributed by atoms with van der Waals surface area (Å²) in [6.45, 7) is 0. The van der Waals surface area contributed by atoms with E-state index in [4.69, 9.17) is 0 Å². The predicted molar refractivity (Wildman–Crippen MR) is 56.4 cm³/mol. The molecule has 1 aliphatic carbocycles. The van der Waals surface area contributed by atoms with Crippen molar-refractivity contribution in [3.63, 3.8) is 0 Å². The molecule has 0 unspecified atom stereocenters. The third kappa shape index (κ3) is 4.87. The molecule has 0 aliphatic heterocycles. The van der Waals surface area contributed by atoms with Gasteiger partial charge in [-0.05, 0) is 0 Å². The van der Waals surface area contributed by atoms with E-state index in [2.05, 4.69) is 9.47 Å². The molecule has 1 aliphatic rings. The minimum atomic E-state index is -7.08. The van der Waals surface area contributed by atoms with E-state index in [1.165, 1.54) is 0 Å². The Balaban J connectivity index is 3.63. The van der Waals surface area contributed by atoms with Crippen molar-refractivity contribution in [1.29, 1.82) is 0 Å². The van der Waals surface area contributed by atoms with E-state index in [9.17, 15) is 79.0 Å². The number of alkyl halides is 18. The van der Waals surface area contributed by atoms with Crippen molar-refractivity contribution >= 4 is 0 Å². The maximum Gasteiger partial charge on any atom is 0.423 e. The van der Waals surface area contributed by atoms with E-state index in [0.717, 1.165) is 0 Å². The number of ether oxygens (including phenoxy) is 2. The first-order valence-corrected chi connectivity index (χ1v) is 6.91. The minimum absolute atomic E-state index is 2.55. The van der Waals surface area contributed by atoms with Crippen LogP contribution in [0.3, 0.4) is 0 Å². The van der Waals surface area contributed by atoms with Crippen LogP contribution in [0.1, 0.15) is 0 Å². The minimum Gasteiger partial charge on any atom is -0.348 e. The van der Waals surface area contributed by atoms with Crippen LogP contribution in [-0.2, 0) is 9.47 Å². The van der Waals surface area contributed by atoms with E-state index in [-0.39, 0.29) is 0 Å². The van der Waals surface area contributed by atoms with Gasteiger partial charge in [-0.3, -0.25) is 0 Å². The molecule has 0 N–H and O–H groups in total. The number of rotatable bonds is 4. The van der Waals surface area contributed by atoms with Gasteiger partial charge in [0, 0.05) is 0 Å². The largest absolute Gasteiger partial charge is 0.423 e. The van der Waals surface area contributed by atoms with E-state index >= 15 is 0 Å². The van der Waals surface area contributed by atoms with E-state index in [1.54, 1.807) is 0 Å². The van der Waals surface area contributed by atoms with Gasteiger partial charge in [0.15, 0.2) is 12.2 Å². The number of halogens is 18. The normalized spacial score (nSPS) is 26.7. The lowest BCUT2D eigenvalue weighted by molar-refractivity contribution is -0.371. The van der Waals surface area contributed by atoms with Gasteiger partial charge in [-0.25, -0.2) is 0 Å².